The average molecular weight is 390 g/mol. The molecule has 8 nitrogen and oxygen atoms in total. The number of nitrogens with one attached hydrogen (secondary N) is 1. The number of nitrogens with zero attached hydrogens (tertiary/aromatic N) is 1. The molecule has 0 saturated carbocycles. The van der Waals surface area contributed by atoms with Crippen LogP contribution in [0.3, 0.4) is 0 Å². The molecule has 1 aromatic rings. The minimum Gasteiger partial charge on any atom is -0.495 e. The predicted octanol–water partition coefficient (Wildman–Crippen LogP) is 0.851. The van der Waals surface area contributed by atoms with Crippen LogP contribution in [0.15, 0.2) is 23.1 Å². The maximum Gasteiger partial charge on any atom is 0.243 e. The monoisotopic (exact) mass is 390 g/mol. The Morgan fingerprint density at radius 2 is 2.08 bits per heavy atom. The maximum atomic E-state index is 13.0. The fourth-order valence-electron chi connectivity index (χ4n) is 2.90. The third-order valence-electron chi connectivity index (χ3n) is 4.02. The van der Waals surface area contributed by atoms with Crippen molar-refractivity contribution in [1.29, 1.82) is 0 Å². The van der Waals surface area contributed by atoms with E-state index in [2.05, 4.69) is 5.32 Å². The quantitative estimate of drug-likeness (QED) is 0.771. The summed E-state index contributed by atoms with van der Waals surface area (Å²) >= 11 is 0. The third-order valence-corrected chi connectivity index (χ3v) is 7.79. The van der Waals surface area contributed by atoms with E-state index in [-0.39, 0.29) is 41.0 Å². The minimum absolute atomic E-state index is 0.0105. The number of hydrogen-bond donors (Lipinski definition) is 1. The van der Waals surface area contributed by atoms with Gasteiger partial charge in [-0.25, -0.2) is 16.8 Å². The van der Waals surface area contributed by atoms with Gasteiger partial charge in [-0.05, 0) is 24.6 Å². The number of sulfone groups is 1. The van der Waals surface area contributed by atoms with Crippen molar-refractivity contribution in [3.63, 3.8) is 0 Å². The SMILES string of the molecule is CCN([C@H]1CCS(=O)(=O)C1)S(=O)(=O)c1ccc(OC)c(NC(C)=O)c1. The lowest BCUT2D eigenvalue weighted by atomic mass is 10.3. The van der Waals surface area contributed by atoms with Crippen molar-refractivity contribution in [2.24, 2.45) is 0 Å². The Hall–Kier alpha value is -1.65. The van der Waals surface area contributed by atoms with Crippen molar-refractivity contribution in [1.82, 2.24) is 4.31 Å². The van der Waals surface area contributed by atoms with Gasteiger partial charge in [0.2, 0.25) is 15.9 Å². The van der Waals surface area contributed by atoms with Crippen molar-refractivity contribution in [3.05, 3.63) is 18.2 Å². The zero-order valence-electron chi connectivity index (χ0n) is 14.4. The van der Waals surface area contributed by atoms with Gasteiger partial charge in [0.1, 0.15) is 5.75 Å². The Labute approximate surface area is 148 Å². The first-order valence-corrected chi connectivity index (χ1v) is 11.0. The molecule has 0 aliphatic carbocycles. The number of carbonyl (C=O) groups excluding carboxylic acids is 1. The Kier molecular flexibility index (Phi) is 5.75. The number of carbonyl (C=O) groups is 1. The van der Waals surface area contributed by atoms with Crippen LogP contribution in [0.1, 0.15) is 20.3 Å². The molecule has 10 heteroatoms. The van der Waals surface area contributed by atoms with E-state index in [1.54, 1.807) is 6.92 Å². The van der Waals surface area contributed by atoms with E-state index in [1.807, 2.05) is 0 Å². The number of sulfonamides is 1. The highest BCUT2D eigenvalue weighted by atomic mass is 32.2. The second-order valence-electron chi connectivity index (χ2n) is 5.81. The molecule has 1 aromatic carbocycles. The standard InChI is InChI=1S/C15H22N2O6S2/c1-4-17(12-7-8-24(19,20)10-12)25(21,22)13-5-6-15(23-3)14(9-13)16-11(2)18/h5-6,9,12H,4,7-8,10H2,1-3H3,(H,16,18)/t12-/m0/s1. The summed E-state index contributed by atoms with van der Waals surface area (Å²) in [6.45, 7) is 3.13. The first-order valence-electron chi connectivity index (χ1n) is 7.78. The van der Waals surface area contributed by atoms with Gasteiger partial charge in [-0.2, -0.15) is 4.31 Å². The molecule has 0 spiro atoms. The van der Waals surface area contributed by atoms with Gasteiger partial charge in [-0.1, -0.05) is 6.92 Å². The summed E-state index contributed by atoms with van der Waals surface area (Å²) in [6, 6.07) is 3.58. The van der Waals surface area contributed by atoms with E-state index in [4.69, 9.17) is 4.74 Å². The molecule has 0 unspecified atom stereocenters. The summed E-state index contributed by atoms with van der Waals surface area (Å²) in [5, 5.41) is 2.53. The Morgan fingerprint density at radius 3 is 2.56 bits per heavy atom. The summed E-state index contributed by atoms with van der Waals surface area (Å²) in [5.41, 5.74) is 0.242. The lowest BCUT2D eigenvalue weighted by Gasteiger charge is -2.26. The maximum absolute atomic E-state index is 13.0. The predicted molar refractivity (Wildman–Crippen MR) is 93.9 cm³/mol. The Balaban J connectivity index is 2.42. The van der Waals surface area contributed by atoms with Crippen LogP contribution >= 0.6 is 0 Å². The molecule has 1 heterocycles. The van der Waals surface area contributed by atoms with Crippen LogP contribution in [0.2, 0.25) is 0 Å². The van der Waals surface area contributed by atoms with Crippen molar-refractivity contribution in [3.8, 4) is 5.75 Å². The first-order chi connectivity index (χ1) is 11.6. The van der Waals surface area contributed by atoms with Crippen LogP contribution in [0.5, 0.6) is 5.75 Å². The second kappa shape index (κ2) is 7.30. The molecule has 25 heavy (non-hydrogen) atoms. The number of amides is 1. The van der Waals surface area contributed by atoms with Crippen LogP contribution < -0.4 is 10.1 Å². The molecule has 0 radical (unpaired) electrons. The number of rotatable bonds is 6. The molecule has 1 fully saturated rings. The highest BCUT2D eigenvalue weighted by Crippen LogP contribution is 2.31. The lowest BCUT2D eigenvalue weighted by molar-refractivity contribution is -0.114. The number of ether oxygens (including phenoxy) is 1. The van der Waals surface area contributed by atoms with Gasteiger partial charge in [-0.3, -0.25) is 4.79 Å². The number of anilines is 1. The van der Waals surface area contributed by atoms with E-state index in [0.717, 1.165) is 0 Å². The molecule has 0 aromatic heterocycles. The van der Waals surface area contributed by atoms with Gasteiger partial charge in [0.05, 0.1) is 29.2 Å². The molecule has 1 aliphatic rings. The molecule has 1 atom stereocenters. The van der Waals surface area contributed by atoms with Crippen LogP contribution in [0.25, 0.3) is 0 Å². The molecule has 2 rings (SSSR count). The van der Waals surface area contributed by atoms with Crippen molar-refractivity contribution in [2.45, 2.75) is 31.2 Å². The largest absolute Gasteiger partial charge is 0.495 e. The van der Waals surface area contributed by atoms with Gasteiger partial charge >= 0.3 is 0 Å². The van der Waals surface area contributed by atoms with E-state index in [1.165, 1.54) is 36.5 Å². The van der Waals surface area contributed by atoms with Crippen LogP contribution in [-0.2, 0) is 24.7 Å². The Morgan fingerprint density at radius 1 is 1.40 bits per heavy atom. The summed E-state index contributed by atoms with van der Waals surface area (Å²) in [7, 11) is -5.70. The van der Waals surface area contributed by atoms with Crippen molar-refractivity contribution < 1.29 is 26.4 Å². The molecule has 1 saturated heterocycles. The lowest BCUT2D eigenvalue weighted by Crippen LogP contribution is -2.40. The molecule has 0 bridgehead atoms. The minimum atomic E-state index is -3.91. The van der Waals surface area contributed by atoms with Crippen LogP contribution in [-0.4, -0.2) is 58.3 Å². The van der Waals surface area contributed by atoms with Crippen molar-refractivity contribution >= 4 is 31.5 Å². The second-order valence-corrected chi connectivity index (χ2v) is 9.93. The fraction of sp³-hybridized carbons (Fsp3) is 0.533. The third kappa shape index (κ3) is 4.31. The van der Waals surface area contributed by atoms with E-state index in [9.17, 15) is 21.6 Å². The topological polar surface area (TPSA) is 110 Å². The molecular weight excluding hydrogens is 368 g/mol. The molecule has 1 N–H and O–H groups in total. The van der Waals surface area contributed by atoms with Gasteiger partial charge < -0.3 is 10.1 Å². The molecule has 1 amide bonds. The number of benzene rings is 1. The average Bonchev–Trinajstić information content (AvgIpc) is 2.86. The summed E-state index contributed by atoms with van der Waals surface area (Å²) in [5.74, 6) is -0.208. The van der Waals surface area contributed by atoms with Gasteiger partial charge in [0.15, 0.2) is 9.84 Å². The first kappa shape index (κ1) is 19.7. The highest BCUT2D eigenvalue weighted by Gasteiger charge is 2.38. The summed E-state index contributed by atoms with van der Waals surface area (Å²) < 4.78 is 55.7. The highest BCUT2D eigenvalue weighted by molar-refractivity contribution is 7.92. The van der Waals surface area contributed by atoms with Crippen LogP contribution in [0, 0.1) is 0 Å². The summed E-state index contributed by atoms with van der Waals surface area (Å²) in [6.07, 6.45) is 0.282. The van der Waals surface area contributed by atoms with E-state index >= 15 is 0 Å². The Bertz CT molecular complexity index is 864. The molecular formula is C15H22N2O6S2. The summed E-state index contributed by atoms with van der Waals surface area (Å²) in [4.78, 5) is 11.3. The van der Waals surface area contributed by atoms with Gasteiger partial charge in [0.25, 0.3) is 0 Å². The van der Waals surface area contributed by atoms with Crippen molar-refractivity contribution in [2.75, 3.05) is 30.5 Å². The molecule has 140 valence electrons. The number of hydrogen-bond acceptors (Lipinski definition) is 6. The fourth-order valence-corrected chi connectivity index (χ4v) is 6.41. The molecule has 1 aliphatic heterocycles. The zero-order valence-corrected chi connectivity index (χ0v) is 16.0. The van der Waals surface area contributed by atoms with E-state index < -0.39 is 25.9 Å². The van der Waals surface area contributed by atoms with E-state index in [0.29, 0.717) is 5.75 Å². The normalized spacial score (nSPS) is 19.8. The smallest absolute Gasteiger partial charge is 0.243 e. The van der Waals surface area contributed by atoms with Gasteiger partial charge in [-0.15, -0.1) is 0 Å². The van der Waals surface area contributed by atoms with Gasteiger partial charge in [0, 0.05) is 19.5 Å². The number of methoxy groups -OCH3 is 1. The van der Waals surface area contributed by atoms with Crippen LogP contribution in [0.4, 0.5) is 5.69 Å². The zero-order chi connectivity index (χ0) is 18.8.